The number of hydrogen-bond acceptors (Lipinski definition) is 4. The molecule has 5 heteroatoms. The molecule has 0 spiro atoms. The molecule has 1 rings (SSSR count). The van der Waals surface area contributed by atoms with Crippen LogP contribution in [0.3, 0.4) is 0 Å². The molecule has 0 saturated heterocycles. The number of nitrogens with two attached hydrogens (primary N) is 1. The highest BCUT2D eigenvalue weighted by Crippen LogP contribution is 2.15. The summed E-state index contributed by atoms with van der Waals surface area (Å²) < 4.78 is 4.82. The largest absolute Gasteiger partial charge is 0.462 e. The monoisotopic (exact) mass is 226 g/mol. The predicted molar refractivity (Wildman–Crippen MR) is 58.0 cm³/mol. The van der Waals surface area contributed by atoms with Gasteiger partial charge in [-0.25, -0.2) is 9.78 Å². The van der Waals surface area contributed by atoms with Crippen molar-refractivity contribution in [2.75, 3.05) is 6.61 Å². The fourth-order valence-electron chi connectivity index (χ4n) is 1.03. The van der Waals surface area contributed by atoms with Gasteiger partial charge in [0.1, 0.15) is 10.7 Å². The zero-order valence-electron chi connectivity index (χ0n) is 8.24. The first-order valence-electron chi connectivity index (χ1n) is 4.41. The van der Waals surface area contributed by atoms with E-state index < -0.39 is 5.97 Å². The molecule has 0 saturated carbocycles. The van der Waals surface area contributed by atoms with Gasteiger partial charge in [0.05, 0.1) is 12.3 Å². The van der Waals surface area contributed by atoms with Gasteiger partial charge in [-0.3, -0.25) is 0 Å². The summed E-state index contributed by atoms with van der Waals surface area (Å²) in [5.41, 5.74) is 5.95. The lowest BCUT2D eigenvalue weighted by Gasteiger charge is -2.05. The van der Waals surface area contributed by atoms with Crippen LogP contribution in [0, 0.1) is 0 Å². The molecular formula is C10H11ClN2O2. The number of carbonyl (C=O) groups excluding carboxylic acids is 1. The molecule has 4 nitrogen and oxygen atoms in total. The number of rotatable bonds is 3. The van der Waals surface area contributed by atoms with Crippen LogP contribution < -0.4 is 5.73 Å². The molecule has 0 aliphatic carbocycles. The Labute approximate surface area is 92.7 Å². The van der Waals surface area contributed by atoms with Crippen molar-refractivity contribution in [1.29, 1.82) is 0 Å². The molecule has 0 radical (unpaired) electrons. The minimum atomic E-state index is -0.505. The van der Waals surface area contributed by atoms with Crippen LogP contribution in [0.2, 0.25) is 5.15 Å². The third kappa shape index (κ3) is 2.95. The van der Waals surface area contributed by atoms with E-state index in [9.17, 15) is 4.79 Å². The van der Waals surface area contributed by atoms with Crippen LogP contribution in [0.1, 0.15) is 12.6 Å². The summed E-state index contributed by atoms with van der Waals surface area (Å²) in [7, 11) is 0. The Morgan fingerprint density at radius 2 is 2.40 bits per heavy atom. The van der Waals surface area contributed by atoms with Crippen molar-refractivity contribution in [2.45, 2.75) is 6.92 Å². The Hall–Kier alpha value is -1.55. The number of pyridine rings is 1. The Morgan fingerprint density at radius 1 is 1.67 bits per heavy atom. The summed E-state index contributed by atoms with van der Waals surface area (Å²) in [6.45, 7) is 2.01. The van der Waals surface area contributed by atoms with E-state index in [1.807, 2.05) is 0 Å². The smallest absolute Gasteiger partial charge is 0.341 e. The molecule has 0 aliphatic heterocycles. The third-order valence-corrected chi connectivity index (χ3v) is 1.86. The quantitative estimate of drug-likeness (QED) is 0.483. The third-order valence-electron chi connectivity index (χ3n) is 1.65. The van der Waals surface area contributed by atoms with Crippen LogP contribution in [0.4, 0.5) is 0 Å². The van der Waals surface area contributed by atoms with Crippen molar-refractivity contribution < 1.29 is 9.53 Å². The first-order chi connectivity index (χ1) is 7.19. The number of hydrogen-bond donors (Lipinski definition) is 1. The van der Waals surface area contributed by atoms with E-state index in [0.29, 0.717) is 10.8 Å². The maximum Gasteiger partial charge on any atom is 0.341 e. The minimum Gasteiger partial charge on any atom is -0.462 e. The SMILES string of the molecule is CCOC(=O)/C(=C\N)c1cccc(Cl)n1. The van der Waals surface area contributed by atoms with Crippen LogP contribution >= 0.6 is 11.6 Å². The molecule has 0 amide bonds. The maximum atomic E-state index is 11.4. The zero-order valence-corrected chi connectivity index (χ0v) is 8.99. The molecule has 1 aromatic rings. The molecule has 0 fully saturated rings. The summed E-state index contributed by atoms with van der Waals surface area (Å²) in [5, 5.41) is 0.302. The summed E-state index contributed by atoms with van der Waals surface area (Å²) in [6.07, 6.45) is 1.16. The summed E-state index contributed by atoms with van der Waals surface area (Å²) in [6, 6.07) is 4.94. The van der Waals surface area contributed by atoms with Gasteiger partial charge in [0, 0.05) is 6.20 Å². The lowest BCUT2D eigenvalue weighted by molar-refractivity contribution is -0.136. The zero-order chi connectivity index (χ0) is 11.3. The van der Waals surface area contributed by atoms with E-state index >= 15 is 0 Å². The Bertz CT molecular complexity index is 391. The highest BCUT2D eigenvalue weighted by atomic mass is 35.5. The molecule has 0 atom stereocenters. The van der Waals surface area contributed by atoms with Crippen LogP contribution in [0.25, 0.3) is 5.57 Å². The van der Waals surface area contributed by atoms with E-state index in [2.05, 4.69) is 4.98 Å². The van der Waals surface area contributed by atoms with Crippen LogP contribution in [-0.4, -0.2) is 17.6 Å². The Morgan fingerprint density at radius 3 is 2.93 bits per heavy atom. The summed E-state index contributed by atoms with van der Waals surface area (Å²) in [4.78, 5) is 15.4. The molecular weight excluding hydrogens is 216 g/mol. The summed E-state index contributed by atoms with van der Waals surface area (Å²) >= 11 is 5.70. The number of nitrogens with zero attached hydrogens (tertiary/aromatic N) is 1. The van der Waals surface area contributed by atoms with Crippen molar-refractivity contribution in [3.05, 3.63) is 35.2 Å². The normalized spacial score (nSPS) is 11.2. The van der Waals surface area contributed by atoms with Crippen molar-refractivity contribution in [1.82, 2.24) is 4.98 Å². The molecule has 80 valence electrons. The fraction of sp³-hybridized carbons (Fsp3) is 0.200. The Balaban J connectivity index is 2.99. The molecule has 1 heterocycles. The van der Waals surface area contributed by atoms with Crippen molar-refractivity contribution in [3.8, 4) is 0 Å². The molecule has 0 unspecified atom stereocenters. The lowest BCUT2D eigenvalue weighted by Crippen LogP contribution is -2.09. The van der Waals surface area contributed by atoms with Crippen LogP contribution in [-0.2, 0) is 9.53 Å². The number of aromatic nitrogens is 1. The number of esters is 1. The van der Waals surface area contributed by atoms with Gasteiger partial charge in [0.25, 0.3) is 0 Å². The number of carbonyl (C=O) groups is 1. The second kappa shape index (κ2) is 5.36. The molecule has 0 bridgehead atoms. The minimum absolute atomic E-state index is 0.208. The fourth-order valence-corrected chi connectivity index (χ4v) is 1.19. The molecule has 2 N–H and O–H groups in total. The van der Waals surface area contributed by atoms with Gasteiger partial charge in [0.2, 0.25) is 0 Å². The lowest BCUT2D eigenvalue weighted by atomic mass is 10.2. The predicted octanol–water partition coefficient (Wildman–Crippen LogP) is 1.60. The highest BCUT2D eigenvalue weighted by molar-refractivity contribution is 6.29. The van der Waals surface area contributed by atoms with Crippen molar-refractivity contribution in [3.63, 3.8) is 0 Å². The average molecular weight is 227 g/mol. The summed E-state index contributed by atoms with van der Waals surface area (Å²) in [5.74, 6) is -0.505. The average Bonchev–Trinajstić information content (AvgIpc) is 2.19. The van der Waals surface area contributed by atoms with Crippen molar-refractivity contribution >= 4 is 23.1 Å². The van der Waals surface area contributed by atoms with Crippen molar-refractivity contribution in [2.24, 2.45) is 5.73 Å². The van der Waals surface area contributed by atoms with Crippen LogP contribution in [0.15, 0.2) is 24.4 Å². The topological polar surface area (TPSA) is 65.2 Å². The molecule has 1 aromatic heterocycles. The van der Waals surface area contributed by atoms with E-state index in [1.165, 1.54) is 0 Å². The first kappa shape index (κ1) is 11.5. The second-order valence-corrected chi connectivity index (χ2v) is 3.03. The highest BCUT2D eigenvalue weighted by Gasteiger charge is 2.13. The van der Waals surface area contributed by atoms with Gasteiger partial charge in [-0.15, -0.1) is 0 Å². The van der Waals surface area contributed by atoms with Gasteiger partial charge >= 0.3 is 5.97 Å². The number of ether oxygens (including phenoxy) is 1. The Kier molecular flexibility index (Phi) is 4.12. The molecule has 0 aromatic carbocycles. The molecule has 15 heavy (non-hydrogen) atoms. The van der Waals surface area contributed by atoms with E-state index in [1.54, 1.807) is 25.1 Å². The van der Waals surface area contributed by atoms with Gasteiger partial charge in [-0.2, -0.15) is 0 Å². The maximum absolute atomic E-state index is 11.4. The standard InChI is InChI=1S/C10H11ClN2O2/c1-2-15-10(14)7(6-12)8-4-3-5-9(11)13-8/h3-6H,2,12H2,1H3/b7-6-. The van der Waals surface area contributed by atoms with E-state index in [-0.39, 0.29) is 12.2 Å². The van der Waals surface area contributed by atoms with Crippen LogP contribution in [0.5, 0.6) is 0 Å². The van der Waals surface area contributed by atoms with Gasteiger partial charge in [-0.1, -0.05) is 17.7 Å². The van der Waals surface area contributed by atoms with Gasteiger partial charge in [0.15, 0.2) is 0 Å². The van der Waals surface area contributed by atoms with E-state index in [4.69, 9.17) is 22.1 Å². The number of halogens is 1. The molecule has 0 aliphatic rings. The van der Waals surface area contributed by atoms with Gasteiger partial charge < -0.3 is 10.5 Å². The van der Waals surface area contributed by atoms with Gasteiger partial charge in [-0.05, 0) is 19.1 Å². The first-order valence-corrected chi connectivity index (χ1v) is 4.78. The van der Waals surface area contributed by atoms with E-state index in [0.717, 1.165) is 6.20 Å². The second-order valence-electron chi connectivity index (χ2n) is 2.65.